The quantitative estimate of drug-likeness (QED) is 0.926. The standard InChI is InChI=1S/C11H10BrClN2O/c1-15-5-4-14-11(15)10(16)7-2-3-8(12)9(13)6-7/h2-6,10,16H,1H3. The molecular weight excluding hydrogens is 291 g/mol. The van der Waals surface area contributed by atoms with Crippen molar-refractivity contribution in [2.45, 2.75) is 6.10 Å². The molecule has 0 radical (unpaired) electrons. The van der Waals surface area contributed by atoms with E-state index in [1.54, 1.807) is 23.0 Å². The Kier molecular flexibility index (Phi) is 3.33. The summed E-state index contributed by atoms with van der Waals surface area (Å²) in [5.74, 6) is 0.596. The molecule has 1 N–H and O–H groups in total. The van der Waals surface area contributed by atoms with Crippen molar-refractivity contribution < 1.29 is 5.11 Å². The van der Waals surface area contributed by atoms with Gasteiger partial charge in [0.25, 0.3) is 0 Å². The fourth-order valence-corrected chi connectivity index (χ4v) is 1.91. The third-order valence-electron chi connectivity index (χ3n) is 2.36. The molecule has 1 aromatic carbocycles. The summed E-state index contributed by atoms with van der Waals surface area (Å²) in [6.07, 6.45) is 2.68. The van der Waals surface area contributed by atoms with E-state index in [1.165, 1.54) is 0 Å². The molecule has 0 aliphatic carbocycles. The fraction of sp³-hybridized carbons (Fsp3) is 0.182. The topological polar surface area (TPSA) is 38.0 Å². The number of aliphatic hydroxyl groups excluding tert-OH is 1. The van der Waals surface area contributed by atoms with Crippen molar-refractivity contribution in [3.63, 3.8) is 0 Å². The van der Waals surface area contributed by atoms with Gasteiger partial charge in [0.05, 0.1) is 5.02 Å². The second kappa shape index (κ2) is 4.57. The summed E-state index contributed by atoms with van der Waals surface area (Å²) in [6.45, 7) is 0. The number of hydrogen-bond acceptors (Lipinski definition) is 2. The summed E-state index contributed by atoms with van der Waals surface area (Å²) in [7, 11) is 1.84. The van der Waals surface area contributed by atoms with E-state index in [-0.39, 0.29) is 0 Å². The summed E-state index contributed by atoms with van der Waals surface area (Å²) >= 11 is 9.28. The highest BCUT2D eigenvalue weighted by molar-refractivity contribution is 9.10. The second-order valence-electron chi connectivity index (χ2n) is 3.47. The van der Waals surface area contributed by atoms with Crippen LogP contribution in [0.25, 0.3) is 0 Å². The Morgan fingerprint density at radius 3 is 2.81 bits per heavy atom. The average Bonchev–Trinajstić information content (AvgIpc) is 2.67. The van der Waals surface area contributed by atoms with E-state index >= 15 is 0 Å². The Morgan fingerprint density at radius 2 is 2.25 bits per heavy atom. The molecule has 1 atom stereocenters. The van der Waals surface area contributed by atoms with Crippen LogP contribution in [0.3, 0.4) is 0 Å². The normalized spacial score (nSPS) is 12.8. The molecule has 1 unspecified atom stereocenters. The van der Waals surface area contributed by atoms with Gasteiger partial charge in [-0.2, -0.15) is 0 Å². The molecule has 16 heavy (non-hydrogen) atoms. The SMILES string of the molecule is Cn1ccnc1C(O)c1ccc(Br)c(Cl)c1. The van der Waals surface area contributed by atoms with Gasteiger partial charge in [-0.3, -0.25) is 0 Å². The molecule has 0 saturated carbocycles. The monoisotopic (exact) mass is 300 g/mol. The van der Waals surface area contributed by atoms with Gasteiger partial charge in [0.15, 0.2) is 0 Å². The van der Waals surface area contributed by atoms with Crippen LogP contribution in [0, 0.1) is 0 Å². The molecular formula is C11H10BrClN2O. The minimum atomic E-state index is -0.759. The van der Waals surface area contributed by atoms with E-state index in [2.05, 4.69) is 20.9 Å². The first-order chi connectivity index (χ1) is 7.59. The maximum Gasteiger partial charge on any atom is 0.142 e. The van der Waals surface area contributed by atoms with Gasteiger partial charge >= 0.3 is 0 Å². The van der Waals surface area contributed by atoms with E-state index in [9.17, 15) is 5.11 Å². The molecule has 1 aromatic heterocycles. The fourth-order valence-electron chi connectivity index (χ4n) is 1.47. The minimum Gasteiger partial charge on any atom is -0.380 e. The minimum absolute atomic E-state index is 0.575. The van der Waals surface area contributed by atoms with Crippen LogP contribution in [0.15, 0.2) is 35.1 Å². The van der Waals surface area contributed by atoms with Crippen LogP contribution in [0.4, 0.5) is 0 Å². The molecule has 1 heterocycles. The maximum atomic E-state index is 10.1. The molecule has 84 valence electrons. The third-order valence-corrected chi connectivity index (χ3v) is 3.59. The molecule has 0 fully saturated rings. The lowest BCUT2D eigenvalue weighted by Crippen LogP contribution is -2.06. The lowest BCUT2D eigenvalue weighted by Gasteiger charge is -2.11. The zero-order valence-corrected chi connectivity index (χ0v) is 10.9. The average molecular weight is 302 g/mol. The Morgan fingerprint density at radius 1 is 1.50 bits per heavy atom. The summed E-state index contributed by atoms with van der Waals surface area (Å²) in [5, 5.41) is 10.7. The summed E-state index contributed by atoms with van der Waals surface area (Å²) in [4.78, 5) is 4.10. The van der Waals surface area contributed by atoms with Crippen molar-refractivity contribution in [1.82, 2.24) is 9.55 Å². The van der Waals surface area contributed by atoms with E-state index in [4.69, 9.17) is 11.6 Å². The molecule has 3 nitrogen and oxygen atoms in total. The van der Waals surface area contributed by atoms with Crippen LogP contribution in [-0.4, -0.2) is 14.7 Å². The van der Waals surface area contributed by atoms with Crippen molar-refractivity contribution in [3.8, 4) is 0 Å². The molecule has 0 saturated heterocycles. The highest BCUT2D eigenvalue weighted by Crippen LogP contribution is 2.28. The number of imidazole rings is 1. The van der Waals surface area contributed by atoms with E-state index in [0.29, 0.717) is 10.8 Å². The maximum absolute atomic E-state index is 10.1. The van der Waals surface area contributed by atoms with Gasteiger partial charge < -0.3 is 9.67 Å². The molecule has 0 aliphatic rings. The Bertz CT molecular complexity index is 512. The number of benzene rings is 1. The first kappa shape index (κ1) is 11.6. The number of nitrogens with zero attached hydrogens (tertiary/aromatic N) is 2. The van der Waals surface area contributed by atoms with Gasteiger partial charge in [0.1, 0.15) is 11.9 Å². The molecule has 5 heteroatoms. The largest absolute Gasteiger partial charge is 0.380 e. The molecule has 2 aromatic rings. The van der Waals surface area contributed by atoms with Crippen LogP contribution < -0.4 is 0 Å². The lowest BCUT2D eigenvalue weighted by molar-refractivity contribution is 0.206. The lowest BCUT2D eigenvalue weighted by atomic mass is 10.1. The Labute approximate surface area is 107 Å². The number of halogens is 2. The van der Waals surface area contributed by atoms with Gasteiger partial charge in [-0.05, 0) is 33.6 Å². The number of aliphatic hydroxyl groups is 1. The molecule has 0 spiro atoms. The van der Waals surface area contributed by atoms with E-state index in [0.717, 1.165) is 10.0 Å². The number of aryl methyl sites for hydroxylation is 1. The second-order valence-corrected chi connectivity index (χ2v) is 4.73. The molecule has 0 aliphatic heterocycles. The molecule has 0 amide bonds. The van der Waals surface area contributed by atoms with Crippen molar-refractivity contribution in [1.29, 1.82) is 0 Å². The van der Waals surface area contributed by atoms with Gasteiger partial charge in [0.2, 0.25) is 0 Å². The molecule has 2 rings (SSSR count). The smallest absolute Gasteiger partial charge is 0.142 e. The highest BCUT2D eigenvalue weighted by atomic mass is 79.9. The van der Waals surface area contributed by atoms with Crippen LogP contribution in [0.2, 0.25) is 5.02 Å². The predicted molar refractivity (Wildman–Crippen MR) is 66.4 cm³/mol. The van der Waals surface area contributed by atoms with Crippen molar-refractivity contribution in [2.75, 3.05) is 0 Å². The number of hydrogen-bond donors (Lipinski definition) is 1. The predicted octanol–water partition coefficient (Wildman–Crippen LogP) is 2.92. The Balaban J connectivity index is 2.38. The van der Waals surface area contributed by atoms with Gasteiger partial charge in [-0.25, -0.2) is 4.98 Å². The van der Waals surface area contributed by atoms with Crippen molar-refractivity contribution >= 4 is 27.5 Å². The van der Waals surface area contributed by atoms with Gasteiger partial charge in [0, 0.05) is 23.9 Å². The van der Waals surface area contributed by atoms with Crippen molar-refractivity contribution in [2.24, 2.45) is 7.05 Å². The van der Waals surface area contributed by atoms with Gasteiger partial charge in [-0.15, -0.1) is 0 Å². The van der Waals surface area contributed by atoms with E-state index < -0.39 is 6.10 Å². The summed E-state index contributed by atoms with van der Waals surface area (Å²) in [6, 6.07) is 5.35. The number of rotatable bonds is 2. The van der Waals surface area contributed by atoms with Crippen LogP contribution in [0.1, 0.15) is 17.5 Å². The van der Waals surface area contributed by atoms with Crippen LogP contribution in [-0.2, 0) is 7.05 Å². The molecule has 0 bridgehead atoms. The number of aromatic nitrogens is 2. The highest BCUT2D eigenvalue weighted by Gasteiger charge is 2.15. The van der Waals surface area contributed by atoms with Crippen LogP contribution >= 0.6 is 27.5 Å². The Hall–Kier alpha value is -0.840. The third kappa shape index (κ3) is 2.14. The first-order valence-electron chi connectivity index (χ1n) is 4.70. The summed E-state index contributed by atoms with van der Waals surface area (Å²) < 4.78 is 2.59. The van der Waals surface area contributed by atoms with Crippen LogP contribution in [0.5, 0.6) is 0 Å². The van der Waals surface area contributed by atoms with Crippen molar-refractivity contribution in [3.05, 3.63) is 51.5 Å². The van der Waals surface area contributed by atoms with Gasteiger partial charge in [-0.1, -0.05) is 17.7 Å². The summed E-state index contributed by atoms with van der Waals surface area (Å²) in [5.41, 5.74) is 0.725. The zero-order chi connectivity index (χ0) is 11.7. The zero-order valence-electron chi connectivity index (χ0n) is 8.56. The first-order valence-corrected chi connectivity index (χ1v) is 5.87. The van der Waals surface area contributed by atoms with E-state index in [1.807, 2.05) is 19.2 Å².